The smallest absolute Gasteiger partial charge is 0.0625 e. The van der Waals surface area contributed by atoms with Gasteiger partial charge in [-0.25, -0.2) is 0 Å². The van der Waals surface area contributed by atoms with Gasteiger partial charge in [0.25, 0.3) is 0 Å². The van der Waals surface area contributed by atoms with Crippen molar-refractivity contribution in [1.29, 1.82) is 0 Å². The molecule has 1 aromatic rings. The molecule has 1 N–H and O–H groups in total. The van der Waals surface area contributed by atoms with E-state index in [0.29, 0.717) is 5.92 Å². The Bertz CT molecular complexity index is 249. The fraction of sp³-hybridized carbons (Fsp3) is 0.667. The second kappa shape index (κ2) is 4.94. The summed E-state index contributed by atoms with van der Waals surface area (Å²) >= 11 is 1.72. The first-order valence-electron chi connectivity index (χ1n) is 5.23. The van der Waals surface area contributed by atoms with Gasteiger partial charge in [-0.15, -0.1) is 0 Å². The van der Waals surface area contributed by atoms with E-state index in [2.05, 4.69) is 30.7 Å². The summed E-state index contributed by atoms with van der Waals surface area (Å²) in [4.78, 5) is 0. The molecule has 2 heteroatoms. The molecule has 0 saturated heterocycles. The molecule has 1 heterocycles. The molecule has 14 heavy (non-hydrogen) atoms. The number of hydrogen-bond acceptors (Lipinski definition) is 2. The number of thiophene rings is 1. The fourth-order valence-corrected chi connectivity index (χ4v) is 2.53. The maximum atomic E-state index is 10.1. The van der Waals surface area contributed by atoms with Crippen molar-refractivity contribution in [2.75, 3.05) is 0 Å². The maximum Gasteiger partial charge on any atom is 0.0625 e. The minimum absolute atomic E-state index is 0.504. The van der Waals surface area contributed by atoms with Gasteiger partial charge in [-0.05, 0) is 54.5 Å². The van der Waals surface area contributed by atoms with Crippen molar-refractivity contribution in [2.45, 2.75) is 45.6 Å². The van der Waals surface area contributed by atoms with Crippen LogP contribution < -0.4 is 0 Å². The number of aryl methyl sites for hydroxylation is 1. The zero-order valence-electron chi connectivity index (χ0n) is 9.29. The molecular weight excluding hydrogens is 192 g/mol. The standard InChI is InChI=1S/C12H20OS/c1-10(2)8-12(3,13)6-4-11-5-7-14-9-11/h5,7,9-10,13H,4,6,8H2,1-3H3. The molecule has 1 nitrogen and oxygen atoms in total. The molecule has 0 aromatic carbocycles. The summed E-state index contributed by atoms with van der Waals surface area (Å²) in [5.41, 5.74) is 0.842. The van der Waals surface area contributed by atoms with Crippen LogP contribution in [0.3, 0.4) is 0 Å². The number of rotatable bonds is 5. The Morgan fingerprint density at radius 3 is 2.71 bits per heavy atom. The van der Waals surface area contributed by atoms with Crippen molar-refractivity contribution < 1.29 is 5.11 Å². The topological polar surface area (TPSA) is 20.2 Å². The molecule has 0 amide bonds. The first-order valence-corrected chi connectivity index (χ1v) is 6.17. The van der Waals surface area contributed by atoms with E-state index < -0.39 is 5.60 Å². The van der Waals surface area contributed by atoms with Crippen LogP contribution in [0.25, 0.3) is 0 Å². The van der Waals surface area contributed by atoms with E-state index in [4.69, 9.17) is 0 Å². The van der Waals surface area contributed by atoms with Crippen molar-refractivity contribution >= 4 is 11.3 Å². The van der Waals surface area contributed by atoms with Gasteiger partial charge in [-0.3, -0.25) is 0 Å². The van der Waals surface area contributed by atoms with Crippen LogP contribution in [-0.2, 0) is 6.42 Å². The highest BCUT2D eigenvalue weighted by molar-refractivity contribution is 7.07. The van der Waals surface area contributed by atoms with Crippen LogP contribution in [0.4, 0.5) is 0 Å². The Labute approximate surface area is 90.8 Å². The Balaban J connectivity index is 2.36. The maximum absolute atomic E-state index is 10.1. The lowest BCUT2D eigenvalue weighted by Gasteiger charge is -2.25. The zero-order valence-corrected chi connectivity index (χ0v) is 10.1. The summed E-state index contributed by atoms with van der Waals surface area (Å²) in [7, 11) is 0. The lowest BCUT2D eigenvalue weighted by atomic mass is 9.89. The SMILES string of the molecule is CC(C)CC(C)(O)CCc1ccsc1. The summed E-state index contributed by atoms with van der Waals surface area (Å²) in [6.45, 7) is 6.25. The second-order valence-corrected chi connectivity index (χ2v) is 5.51. The Morgan fingerprint density at radius 1 is 1.50 bits per heavy atom. The Hall–Kier alpha value is -0.340. The third-order valence-corrected chi connectivity index (χ3v) is 3.11. The molecule has 0 aliphatic carbocycles. The first kappa shape index (κ1) is 11.7. The van der Waals surface area contributed by atoms with Gasteiger partial charge < -0.3 is 5.11 Å². The normalized spacial score (nSPS) is 15.8. The van der Waals surface area contributed by atoms with Crippen LogP contribution >= 0.6 is 11.3 Å². The van der Waals surface area contributed by atoms with Crippen molar-refractivity contribution in [1.82, 2.24) is 0 Å². The third kappa shape index (κ3) is 4.25. The van der Waals surface area contributed by atoms with Crippen molar-refractivity contribution in [3.8, 4) is 0 Å². The molecule has 1 unspecified atom stereocenters. The lowest BCUT2D eigenvalue weighted by Crippen LogP contribution is -2.26. The van der Waals surface area contributed by atoms with Crippen LogP contribution in [0.15, 0.2) is 16.8 Å². The van der Waals surface area contributed by atoms with Crippen molar-refractivity contribution in [3.05, 3.63) is 22.4 Å². The third-order valence-electron chi connectivity index (χ3n) is 2.38. The van der Waals surface area contributed by atoms with E-state index in [1.54, 1.807) is 11.3 Å². The van der Waals surface area contributed by atoms with Gasteiger partial charge in [0.15, 0.2) is 0 Å². The van der Waals surface area contributed by atoms with Crippen molar-refractivity contribution in [3.63, 3.8) is 0 Å². The molecule has 0 aliphatic heterocycles. The van der Waals surface area contributed by atoms with Gasteiger partial charge >= 0.3 is 0 Å². The van der Waals surface area contributed by atoms with Gasteiger partial charge in [0.05, 0.1) is 5.60 Å². The van der Waals surface area contributed by atoms with Gasteiger partial charge in [0.2, 0.25) is 0 Å². The minimum atomic E-state index is -0.504. The Kier molecular flexibility index (Phi) is 4.14. The van der Waals surface area contributed by atoms with Gasteiger partial charge in [0, 0.05) is 0 Å². The summed E-state index contributed by atoms with van der Waals surface area (Å²) in [5, 5.41) is 14.3. The first-order chi connectivity index (χ1) is 6.49. The monoisotopic (exact) mass is 212 g/mol. The molecule has 1 atom stereocenters. The predicted octanol–water partition coefficient (Wildman–Crippen LogP) is 3.48. The van der Waals surface area contributed by atoms with E-state index in [1.165, 1.54) is 5.56 Å². The molecule has 0 bridgehead atoms. The van der Waals surface area contributed by atoms with E-state index in [0.717, 1.165) is 19.3 Å². The van der Waals surface area contributed by atoms with Crippen LogP contribution in [0.1, 0.15) is 39.2 Å². The molecule has 0 fully saturated rings. The average molecular weight is 212 g/mol. The highest BCUT2D eigenvalue weighted by Gasteiger charge is 2.21. The highest BCUT2D eigenvalue weighted by atomic mass is 32.1. The fourth-order valence-electron chi connectivity index (χ4n) is 1.83. The molecule has 0 aliphatic rings. The second-order valence-electron chi connectivity index (χ2n) is 4.73. The molecule has 0 radical (unpaired) electrons. The van der Waals surface area contributed by atoms with Gasteiger partial charge in [-0.1, -0.05) is 13.8 Å². The van der Waals surface area contributed by atoms with E-state index >= 15 is 0 Å². The largest absolute Gasteiger partial charge is 0.390 e. The number of hydrogen-bond donors (Lipinski definition) is 1. The van der Waals surface area contributed by atoms with Crippen molar-refractivity contribution in [2.24, 2.45) is 5.92 Å². The van der Waals surface area contributed by atoms with E-state index in [1.807, 2.05) is 6.92 Å². The summed E-state index contributed by atoms with van der Waals surface area (Å²) in [6, 6.07) is 2.14. The molecular formula is C12H20OS. The molecule has 80 valence electrons. The van der Waals surface area contributed by atoms with E-state index in [-0.39, 0.29) is 0 Å². The zero-order chi connectivity index (χ0) is 10.6. The molecule has 1 rings (SSSR count). The summed E-state index contributed by atoms with van der Waals surface area (Å²) in [6.07, 6.45) is 2.74. The minimum Gasteiger partial charge on any atom is -0.390 e. The molecule has 1 aromatic heterocycles. The summed E-state index contributed by atoms with van der Waals surface area (Å²) < 4.78 is 0. The van der Waals surface area contributed by atoms with Crippen LogP contribution in [-0.4, -0.2) is 10.7 Å². The van der Waals surface area contributed by atoms with Crippen LogP contribution in [0, 0.1) is 5.92 Å². The van der Waals surface area contributed by atoms with E-state index in [9.17, 15) is 5.11 Å². The quantitative estimate of drug-likeness (QED) is 0.792. The van der Waals surface area contributed by atoms with Gasteiger partial charge in [0.1, 0.15) is 0 Å². The number of aliphatic hydroxyl groups is 1. The van der Waals surface area contributed by atoms with Crippen LogP contribution in [0.2, 0.25) is 0 Å². The predicted molar refractivity (Wildman–Crippen MR) is 62.7 cm³/mol. The van der Waals surface area contributed by atoms with Gasteiger partial charge in [-0.2, -0.15) is 11.3 Å². The average Bonchev–Trinajstić information content (AvgIpc) is 2.50. The molecule has 0 spiro atoms. The lowest BCUT2D eigenvalue weighted by molar-refractivity contribution is 0.0302. The van der Waals surface area contributed by atoms with Crippen LogP contribution in [0.5, 0.6) is 0 Å². The summed E-state index contributed by atoms with van der Waals surface area (Å²) in [5.74, 6) is 0.562. The molecule has 0 saturated carbocycles. The Morgan fingerprint density at radius 2 is 2.21 bits per heavy atom. The highest BCUT2D eigenvalue weighted by Crippen LogP contribution is 2.22.